The van der Waals surface area contributed by atoms with Gasteiger partial charge in [-0.05, 0) is 69.9 Å². The fraction of sp³-hybridized carbons (Fsp3) is 0.463. The Morgan fingerprint density at radius 2 is 1.86 bits per heavy atom. The van der Waals surface area contributed by atoms with Gasteiger partial charge in [0.15, 0.2) is 18.2 Å². The van der Waals surface area contributed by atoms with E-state index in [1.807, 2.05) is 31.6 Å². The summed E-state index contributed by atoms with van der Waals surface area (Å²) in [5.41, 5.74) is 3.58. The van der Waals surface area contributed by atoms with Crippen molar-refractivity contribution in [2.24, 2.45) is 13.0 Å². The molecule has 3 fully saturated rings. The molecule has 0 radical (unpaired) electrons. The van der Waals surface area contributed by atoms with E-state index in [2.05, 4.69) is 65.7 Å². The van der Waals surface area contributed by atoms with Crippen molar-refractivity contribution in [1.82, 2.24) is 44.8 Å². The van der Waals surface area contributed by atoms with Crippen LogP contribution < -0.4 is 36.0 Å². The Bertz CT molecular complexity index is 2500. The van der Waals surface area contributed by atoms with E-state index in [0.29, 0.717) is 52.3 Å². The third-order valence-corrected chi connectivity index (χ3v) is 11.9. The normalized spacial score (nSPS) is 20.2. The van der Waals surface area contributed by atoms with Crippen LogP contribution in [0.25, 0.3) is 21.9 Å². The molecule has 3 aliphatic heterocycles. The van der Waals surface area contributed by atoms with Crippen LogP contribution in [0.3, 0.4) is 0 Å². The Labute approximate surface area is 346 Å². The second kappa shape index (κ2) is 16.4. The molecule has 7 heterocycles. The van der Waals surface area contributed by atoms with Crippen LogP contribution in [0.2, 0.25) is 5.02 Å². The minimum atomic E-state index is -0.424. The zero-order valence-corrected chi connectivity index (χ0v) is 34.6. The Kier molecular flexibility index (Phi) is 11.1. The molecule has 310 valence electrons. The largest absolute Gasteiger partial charge is 0.478 e. The van der Waals surface area contributed by atoms with Gasteiger partial charge in [-0.2, -0.15) is 10.1 Å². The maximum atomic E-state index is 13.2. The van der Waals surface area contributed by atoms with Crippen molar-refractivity contribution in [1.29, 1.82) is 0 Å². The lowest BCUT2D eigenvalue weighted by molar-refractivity contribution is -0.134. The number of aromatic nitrogens is 6. The van der Waals surface area contributed by atoms with Crippen LogP contribution in [0.1, 0.15) is 57.7 Å². The number of pyridine rings is 2. The zero-order valence-electron chi connectivity index (χ0n) is 33.9. The number of piperazine rings is 1. The van der Waals surface area contributed by atoms with E-state index in [1.54, 1.807) is 23.0 Å². The number of likely N-dealkylation sites (N-methyl/N-ethyl adjacent to an activating group) is 1. The molecule has 8 rings (SSSR count). The monoisotopic (exact) mass is 824 g/mol. The van der Waals surface area contributed by atoms with Crippen molar-refractivity contribution in [3.05, 3.63) is 63.8 Å². The molecule has 59 heavy (non-hydrogen) atoms. The molecular weight excluding hydrogens is 776 g/mol. The molecule has 1 aromatic carbocycles. The molecule has 3 amide bonds. The number of halogens is 1. The summed E-state index contributed by atoms with van der Waals surface area (Å²) in [6.07, 6.45) is 5.12. The van der Waals surface area contributed by atoms with Gasteiger partial charge < -0.3 is 25.2 Å². The first-order valence-electron chi connectivity index (χ1n) is 20.1. The molecule has 0 spiro atoms. The number of hydrogen-bond acceptors (Lipinski definition) is 13. The molecule has 17 nitrogen and oxygen atoms in total. The number of nitrogens with one attached hydrogen (secondary N) is 3. The second-order valence-electron chi connectivity index (χ2n) is 16.0. The van der Waals surface area contributed by atoms with Crippen LogP contribution in [-0.2, 0) is 21.4 Å². The summed E-state index contributed by atoms with van der Waals surface area (Å²) in [5, 5.41) is 14.9. The standard InChI is InChI=1S/C41H49ClN12O5/c1-23(2)54-38-26(15-33(40(54)58)59-22-35(56)43-4)14-27(17-44-38)46-37-31(42)18-45-41(48-37)53-13-12-51(24(3)19-53)20-25-10-11-52(21-25)28-6-7-29-32(16-28)50(5)49-36(29)30-8-9-34(55)47-39(30)57/h6-7,14-18,23-25,30H,8-13,19-22H2,1-5H3,(H,43,56)(H,45,46,48)(H,47,55,57)/t24-,25-,30?/m1/s1. The number of rotatable bonds is 11. The van der Waals surface area contributed by atoms with Crippen molar-refractivity contribution in [3.8, 4) is 5.75 Å². The number of imide groups is 1. The number of carbonyl (C=O) groups excluding carboxylic acids is 3. The highest BCUT2D eigenvalue weighted by molar-refractivity contribution is 6.33. The minimum absolute atomic E-state index is 0.0562. The fourth-order valence-corrected chi connectivity index (χ4v) is 8.62. The number of ether oxygens (including phenoxy) is 1. The van der Waals surface area contributed by atoms with Gasteiger partial charge in [0.05, 0.1) is 35.2 Å². The first-order valence-corrected chi connectivity index (χ1v) is 20.5. The van der Waals surface area contributed by atoms with Crippen LogP contribution in [0.4, 0.5) is 23.1 Å². The maximum absolute atomic E-state index is 13.2. The van der Waals surface area contributed by atoms with Crippen molar-refractivity contribution in [2.75, 3.05) is 68.0 Å². The second-order valence-corrected chi connectivity index (χ2v) is 16.4. The number of piperidine rings is 1. The first-order chi connectivity index (χ1) is 28.4. The minimum Gasteiger partial charge on any atom is -0.478 e. The molecule has 18 heteroatoms. The third-order valence-electron chi connectivity index (χ3n) is 11.6. The molecule has 4 aromatic heterocycles. The summed E-state index contributed by atoms with van der Waals surface area (Å²) in [6.45, 7) is 11.0. The number of nitrogens with zero attached hydrogens (tertiary/aromatic N) is 9. The number of benzene rings is 1. The predicted octanol–water partition coefficient (Wildman–Crippen LogP) is 3.73. The lowest BCUT2D eigenvalue weighted by Gasteiger charge is -2.41. The average molecular weight is 825 g/mol. The summed E-state index contributed by atoms with van der Waals surface area (Å²) in [4.78, 5) is 70.6. The van der Waals surface area contributed by atoms with E-state index in [4.69, 9.17) is 26.4 Å². The molecule has 3 aliphatic rings. The number of amides is 3. The van der Waals surface area contributed by atoms with Crippen LogP contribution in [0.5, 0.6) is 5.75 Å². The highest BCUT2D eigenvalue weighted by Gasteiger charge is 2.33. The van der Waals surface area contributed by atoms with E-state index in [1.165, 1.54) is 7.05 Å². The van der Waals surface area contributed by atoms with Gasteiger partial charge in [-0.15, -0.1) is 0 Å². The van der Waals surface area contributed by atoms with Crippen LogP contribution in [0, 0.1) is 5.92 Å². The van der Waals surface area contributed by atoms with Gasteiger partial charge >= 0.3 is 0 Å². The Hall–Kier alpha value is -5.81. The smallest absolute Gasteiger partial charge is 0.294 e. The number of aryl methyl sites for hydroxylation is 1. The molecule has 5 aromatic rings. The number of hydrogen-bond donors (Lipinski definition) is 3. The molecule has 3 atom stereocenters. The Balaban J connectivity index is 0.902. The van der Waals surface area contributed by atoms with E-state index in [-0.39, 0.29) is 47.7 Å². The van der Waals surface area contributed by atoms with Gasteiger partial charge in [-0.1, -0.05) is 11.6 Å². The molecule has 0 saturated carbocycles. The van der Waals surface area contributed by atoms with E-state index in [9.17, 15) is 19.2 Å². The molecule has 1 unspecified atom stereocenters. The van der Waals surface area contributed by atoms with Gasteiger partial charge in [0.2, 0.25) is 17.8 Å². The third kappa shape index (κ3) is 8.13. The first kappa shape index (κ1) is 40.0. The summed E-state index contributed by atoms with van der Waals surface area (Å²) >= 11 is 6.61. The van der Waals surface area contributed by atoms with Crippen molar-refractivity contribution < 1.29 is 19.1 Å². The van der Waals surface area contributed by atoms with Gasteiger partial charge in [-0.3, -0.25) is 38.6 Å². The van der Waals surface area contributed by atoms with Crippen molar-refractivity contribution in [2.45, 2.75) is 58.0 Å². The highest BCUT2D eigenvalue weighted by atomic mass is 35.5. The predicted molar refractivity (Wildman–Crippen MR) is 226 cm³/mol. The van der Waals surface area contributed by atoms with Gasteiger partial charge in [0.1, 0.15) is 10.7 Å². The molecular formula is C41H49ClN12O5. The molecule has 3 saturated heterocycles. The van der Waals surface area contributed by atoms with Crippen molar-refractivity contribution in [3.63, 3.8) is 0 Å². The van der Waals surface area contributed by atoms with Gasteiger partial charge in [0, 0.05) is 88.3 Å². The van der Waals surface area contributed by atoms with Crippen molar-refractivity contribution >= 4 is 74.4 Å². The quantitative estimate of drug-likeness (QED) is 0.164. The zero-order chi connectivity index (χ0) is 41.5. The topological polar surface area (TPSA) is 185 Å². The van der Waals surface area contributed by atoms with Crippen LogP contribution in [0.15, 0.2) is 47.5 Å². The number of fused-ring (bicyclic) bond motifs is 2. The summed E-state index contributed by atoms with van der Waals surface area (Å²) in [7, 11) is 3.41. The van der Waals surface area contributed by atoms with Crippen LogP contribution >= 0.6 is 11.6 Å². The van der Waals surface area contributed by atoms with E-state index < -0.39 is 5.92 Å². The van der Waals surface area contributed by atoms with Gasteiger partial charge in [-0.25, -0.2) is 9.97 Å². The Morgan fingerprint density at radius 3 is 2.63 bits per heavy atom. The number of anilines is 4. The summed E-state index contributed by atoms with van der Waals surface area (Å²) < 4.78 is 8.98. The maximum Gasteiger partial charge on any atom is 0.294 e. The van der Waals surface area contributed by atoms with E-state index >= 15 is 0 Å². The summed E-state index contributed by atoms with van der Waals surface area (Å²) in [6, 6.07) is 9.87. The van der Waals surface area contributed by atoms with E-state index in [0.717, 1.165) is 68.0 Å². The SMILES string of the molecule is CNC(=O)COc1cc2cc(Nc3nc(N4CCN(C[C@H]5CCN(c6ccc7c(C8CCC(=O)NC8=O)nn(C)c7c6)C5)[C@H](C)C4)ncc3Cl)cnc2n(C(C)C)c1=O. The highest BCUT2D eigenvalue weighted by Crippen LogP contribution is 2.34. The Morgan fingerprint density at radius 1 is 1.03 bits per heavy atom. The molecule has 0 bridgehead atoms. The lowest BCUT2D eigenvalue weighted by Crippen LogP contribution is -2.53. The lowest BCUT2D eigenvalue weighted by atomic mass is 9.93. The van der Waals surface area contributed by atoms with Gasteiger partial charge in [0.25, 0.3) is 11.5 Å². The fourth-order valence-electron chi connectivity index (χ4n) is 8.48. The average Bonchev–Trinajstić information content (AvgIpc) is 3.82. The number of carbonyl (C=O) groups is 3. The summed E-state index contributed by atoms with van der Waals surface area (Å²) in [5.74, 6) is 0.310. The molecule has 3 N–H and O–H groups in total. The molecule has 0 aliphatic carbocycles. The van der Waals surface area contributed by atoms with Crippen LogP contribution in [-0.4, -0.2) is 111 Å².